The largest absolute Gasteiger partial charge is 0.475 e. The van der Waals surface area contributed by atoms with Gasteiger partial charge in [-0.3, -0.25) is 24.6 Å². The first-order valence-electron chi connectivity index (χ1n) is 13.4. The number of hydrogen-bond acceptors (Lipinski definition) is 6. The number of benzene rings is 1. The van der Waals surface area contributed by atoms with Crippen molar-refractivity contribution in [2.45, 2.75) is 63.1 Å². The number of likely N-dealkylation sites (tertiary alicyclic amines) is 1. The molecule has 3 fully saturated rings. The molecule has 0 aromatic heterocycles. The molecule has 12 heteroatoms. The van der Waals surface area contributed by atoms with Gasteiger partial charge in [-0.05, 0) is 50.0 Å². The van der Waals surface area contributed by atoms with Crippen LogP contribution in [-0.2, 0) is 30.4 Å². The highest BCUT2D eigenvalue weighted by Gasteiger charge is 2.46. The van der Waals surface area contributed by atoms with Gasteiger partial charge in [-0.15, -0.1) is 0 Å². The zero-order valence-corrected chi connectivity index (χ0v) is 21.9. The molecule has 3 saturated heterocycles. The predicted octanol–water partition coefficient (Wildman–Crippen LogP) is -0.0449. The molecular formula is C27H36N6O6. The lowest BCUT2D eigenvalue weighted by molar-refractivity contribution is -0.152. The van der Waals surface area contributed by atoms with Crippen LogP contribution in [0.3, 0.4) is 0 Å². The van der Waals surface area contributed by atoms with Gasteiger partial charge in [-0.2, -0.15) is 0 Å². The number of nitrogens with zero attached hydrogens (tertiary/aromatic N) is 3. The van der Waals surface area contributed by atoms with E-state index in [0.29, 0.717) is 45.3 Å². The SMILES string of the molecule is N=C(N)N1CCCC(C[C@H](NC(=O)[C@@H]2CC[C@H]3CN(C(=O)CCc4ccccc4)CC(=O)N32)C(=O)C(=O)O)C1. The summed E-state index contributed by atoms with van der Waals surface area (Å²) in [4.78, 5) is 67.9. The maximum Gasteiger partial charge on any atom is 0.374 e. The Morgan fingerprint density at radius 1 is 1.08 bits per heavy atom. The number of rotatable bonds is 9. The summed E-state index contributed by atoms with van der Waals surface area (Å²) in [5.74, 6) is -3.96. The van der Waals surface area contributed by atoms with Gasteiger partial charge in [0.25, 0.3) is 5.78 Å². The van der Waals surface area contributed by atoms with E-state index in [9.17, 15) is 29.1 Å². The monoisotopic (exact) mass is 540 g/mol. The van der Waals surface area contributed by atoms with Gasteiger partial charge in [0, 0.05) is 26.1 Å². The molecule has 3 heterocycles. The molecule has 4 rings (SSSR count). The first-order valence-corrected chi connectivity index (χ1v) is 13.4. The van der Waals surface area contributed by atoms with E-state index in [1.165, 1.54) is 4.90 Å². The molecule has 210 valence electrons. The van der Waals surface area contributed by atoms with Crippen LogP contribution in [0.4, 0.5) is 0 Å². The lowest BCUT2D eigenvalue weighted by Gasteiger charge is -2.39. The third-order valence-electron chi connectivity index (χ3n) is 7.95. The predicted molar refractivity (Wildman–Crippen MR) is 140 cm³/mol. The van der Waals surface area contributed by atoms with Crippen LogP contribution in [0, 0.1) is 11.3 Å². The Labute approximate surface area is 227 Å². The van der Waals surface area contributed by atoms with Crippen molar-refractivity contribution in [1.29, 1.82) is 5.41 Å². The molecule has 12 nitrogen and oxygen atoms in total. The fourth-order valence-corrected chi connectivity index (χ4v) is 5.96. The second-order valence-corrected chi connectivity index (χ2v) is 10.6. The van der Waals surface area contributed by atoms with Crippen LogP contribution >= 0.6 is 0 Å². The maximum absolute atomic E-state index is 13.3. The highest BCUT2D eigenvalue weighted by Crippen LogP contribution is 2.29. The van der Waals surface area contributed by atoms with Crippen molar-refractivity contribution in [2.24, 2.45) is 11.7 Å². The zero-order chi connectivity index (χ0) is 28.1. The van der Waals surface area contributed by atoms with E-state index in [1.807, 2.05) is 30.3 Å². The molecule has 1 aromatic carbocycles. The number of fused-ring (bicyclic) bond motifs is 1. The Kier molecular flexibility index (Phi) is 8.82. The number of nitrogens with two attached hydrogens (primary N) is 1. The van der Waals surface area contributed by atoms with Crippen molar-refractivity contribution < 1.29 is 29.1 Å². The molecule has 0 aliphatic carbocycles. The molecule has 0 radical (unpaired) electrons. The van der Waals surface area contributed by atoms with Crippen LogP contribution in [0.5, 0.6) is 0 Å². The van der Waals surface area contributed by atoms with E-state index in [2.05, 4.69) is 5.32 Å². The van der Waals surface area contributed by atoms with Gasteiger partial charge in [0.15, 0.2) is 5.96 Å². The van der Waals surface area contributed by atoms with Crippen LogP contribution in [-0.4, -0.2) is 99.5 Å². The van der Waals surface area contributed by atoms with Gasteiger partial charge in [0.2, 0.25) is 17.7 Å². The molecule has 0 spiro atoms. The number of guanidine groups is 1. The first-order chi connectivity index (χ1) is 18.6. The Balaban J connectivity index is 1.36. The lowest BCUT2D eigenvalue weighted by atomic mass is 9.89. The van der Waals surface area contributed by atoms with Gasteiger partial charge in [-0.25, -0.2) is 4.79 Å². The zero-order valence-electron chi connectivity index (χ0n) is 21.9. The van der Waals surface area contributed by atoms with Gasteiger partial charge in [0.05, 0.1) is 18.6 Å². The maximum atomic E-state index is 13.3. The average molecular weight is 541 g/mol. The molecule has 3 aliphatic heterocycles. The number of aryl methyl sites for hydroxylation is 1. The molecule has 5 N–H and O–H groups in total. The number of ketones is 1. The molecule has 3 aliphatic rings. The average Bonchev–Trinajstić information content (AvgIpc) is 3.36. The smallest absolute Gasteiger partial charge is 0.374 e. The Morgan fingerprint density at radius 3 is 2.51 bits per heavy atom. The van der Waals surface area contributed by atoms with Crippen molar-refractivity contribution in [3.05, 3.63) is 35.9 Å². The summed E-state index contributed by atoms with van der Waals surface area (Å²) < 4.78 is 0. The second kappa shape index (κ2) is 12.3. The number of aliphatic carboxylic acids is 1. The number of amides is 3. The van der Waals surface area contributed by atoms with Crippen LogP contribution in [0.25, 0.3) is 0 Å². The van der Waals surface area contributed by atoms with Gasteiger partial charge in [-0.1, -0.05) is 30.3 Å². The summed E-state index contributed by atoms with van der Waals surface area (Å²) in [6.45, 7) is 1.23. The summed E-state index contributed by atoms with van der Waals surface area (Å²) >= 11 is 0. The Hall–Kier alpha value is -3.96. The summed E-state index contributed by atoms with van der Waals surface area (Å²) in [7, 11) is 0. The number of piperidine rings is 1. The number of nitrogens with one attached hydrogen (secondary N) is 2. The second-order valence-electron chi connectivity index (χ2n) is 10.6. The number of carboxylic acids is 1. The number of Topliss-reactive ketones (excluding diaryl/α,β-unsaturated/α-hetero) is 1. The fourth-order valence-electron chi connectivity index (χ4n) is 5.96. The van der Waals surface area contributed by atoms with Crippen molar-refractivity contribution >= 4 is 35.4 Å². The minimum absolute atomic E-state index is 0.0851. The van der Waals surface area contributed by atoms with Gasteiger partial charge < -0.3 is 30.9 Å². The molecule has 4 atom stereocenters. The number of piperazine rings is 1. The van der Waals surface area contributed by atoms with Crippen molar-refractivity contribution in [3.8, 4) is 0 Å². The molecular weight excluding hydrogens is 504 g/mol. The Morgan fingerprint density at radius 2 is 1.82 bits per heavy atom. The van der Waals surface area contributed by atoms with Crippen molar-refractivity contribution in [1.82, 2.24) is 20.0 Å². The molecule has 0 saturated carbocycles. The normalized spacial score (nSPS) is 23.6. The highest BCUT2D eigenvalue weighted by molar-refractivity contribution is 6.35. The van der Waals surface area contributed by atoms with Gasteiger partial charge in [0.1, 0.15) is 6.04 Å². The highest BCUT2D eigenvalue weighted by atomic mass is 16.4. The van der Waals surface area contributed by atoms with Crippen molar-refractivity contribution in [3.63, 3.8) is 0 Å². The third kappa shape index (κ3) is 6.73. The summed E-state index contributed by atoms with van der Waals surface area (Å²) in [5.41, 5.74) is 6.64. The summed E-state index contributed by atoms with van der Waals surface area (Å²) in [6.07, 6.45) is 3.31. The fraction of sp³-hybridized carbons (Fsp3) is 0.556. The van der Waals surface area contributed by atoms with E-state index in [4.69, 9.17) is 11.1 Å². The number of carbonyl (C=O) groups excluding carboxylic acids is 4. The number of carbonyl (C=O) groups is 5. The topological polar surface area (TPSA) is 177 Å². The van der Waals surface area contributed by atoms with E-state index >= 15 is 0 Å². The molecule has 3 amide bonds. The third-order valence-corrected chi connectivity index (χ3v) is 7.95. The van der Waals surface area contributed by atoms with Crippen LogP contribution in [0.15, 0.2) is 30.3 Å². The quantitative estimate of drug-likeness (QED) is 0.191. The number of carboxylic acid groups (broad SMARTS) is 1. The van der Waals surface area contributed by atoms with Gasteiger partial charge >= 0.3 is 5.97 Å². The van der Waals surface area contributed by atoms with E-state index < -0.39 is 29.7 Å². The first kappa shape index (κ1) is 28.1. The van der Waals surface area contributed by atoms with E-state index in [-0.39, 0.29) is 49.1 Å². The van der Waals surface area contributed by atoms with Crippen LogP contribution in [0.1, 0.15) is 44.1 Å². The van der Waals surface area contributed by atoms with E-state index in [0.717, 1.165) is 12.0 Å². The van der Waals surface area contributed by atoms with E-state index in [1.54, 1.807) is 9.80 Å². The minimum Gasteiger partial charge on any atom is -0.475 e. The van der Waals surface area contributed by atoms with Crippen molar-refractivity contribution in [2.75, 3.05) is 26.2 Å². The standard InChI is InChI=1S/C27H36N6O6/c28-27(29)31-12-4-7-18(14-31)13-20(24(36)26(38)39)30-25(37)21-10-9-19-15-32(16-23(35)33(19)21)22(34)11-8-17-5-2-1-3-6-17/h1-3,5-6,18-21H,4,7-16H2,(H3,28,29)(H,30,37)(H,38,39)/t18?,19-,20-,21-/m0/s1. The number of hydrogen-bond donors (Lipinski definition) is 4. The Bertz CT molecular complexity index is 1130. The molecule has 1 aromatic rings. The molecule has 1 unspecified atom stereocenters. The summed E-state index contributed by atoms with van der Waals surface area (Å²) in [6, 6.07) is 7.26. The molecule has 39 heavy (non-hydrogen) atoms. The lowest BCUT2D eigenvalue weighted by Crippen LogP contribution is -2.60. The minimum atomic E-state index is -1.64. The molecule has 0 bridgehead atoms. The van der Waals surface area contributed by atoms with Crippen LogP contribution < -0.4 is 11.1 Å². The summed E-state index contributed by atoms with van der Waals surface area (Å²) in [5, 5.41) is 19.6. The van der Waals surface area contributed by atoms with Crippen LogP contribution in [0.2, 0.25) is 0 Å².